The predicted octanol–water partition coefficient (Wildman–Crippen LogP) is 2.05. The predicted molar refractivity (Wildman–Crippen MR) is 124 cm³/mol. The van der Waals surface area contributed by atoms with Crippen LogP contribution in [0.15, 0.2) is 42.5 Å². The lowest BCUT2D eigenvalue weighted by molar-refractivity contribution is 0.172. The number of hydrogen-bond donors (Lipinski definition) is 5. The van der Waals surface area contributed by atoms with Crippen molar-refractivity contribution in [2.24, 2.45) is 5.73 Å². The van der Waals surface area contributed by atoms with Crippen LogP contribution >= 0.6 is 0 Å². The number of hydrogen-bond acceptors (Lipinski definition) is 6. The molecule has 3 rings (SSSR count). The molecule has 3 aromatic rings. The molecule has 9 heteroatoms. The van der Waals surface area contributed by atoms with Crippen LogP contribution in [0, 0.1) is 6.92 Å². The van der Waals surface area contributed by atoms with Crippen molar-refractivity contribution in [3.05, 3.63) is 59.3 Å². The lowest BCUT2D eigenvalue weighted by atomic mass is 10.1. The number of sulfonamides is 1. The Balaban J connectivity index is 1.47. The second-order valence-corrected chi connectivity index (χ2v) is 9.29. The van der Waals surface area contributed by atoms with Crippen molar-refractivity contribution in [1.29, 1.82) is 0 Å². The van der Waals surface area contributed by atoms with Crippen molar-refractivity contribution >= 4 is 26.6 Å². The summed E-state index contributed by atoms with van der Waals surface area (Å²) in [5, 5.41) is 14.7. The molecule has 0 saturated heterocycles. The summed E-state index contributed by atoms with van der Waals surface area (Å²) in [7, 11) is -3.36. The molecule has 0 amide bonds. The van der Waals surface area contributed by atoms with Gasteiger partial charge in [-0.1, -0.05) is 12.1 Å². The van der Waals surface area contributed by atoms with Gasteiger partial charge in [0.15, 0.2) is 0 Å². The summed E-state index contributed by atoms with van der Waals surface area (Å²) in [6.45, 7) is 3.99. The summed E-state index contributed by atoms with van der Waals surface area (Å²) in [5.74, 6) is 0.773. The highest BCUT2D eigenvalue weighted by Gasteiger charge is 2.10. The van der Waals surface area contributed by atoms with E-state index in [-0.39, 0.29) is 0 Å². The van der Waals surface area contributed by atoms with E-state index in [0.717, 1.165) is 29.6 Å². The molecule has 1 aromatic heterocycles. The quantitative estimate of drug-likeness (QED) is 0.287. The minimum absolute atomic E-state index is 0.322. The minimum atomic E-state index is -3.36. The summed E-state index contributed by atoms with van der Waals surface area (Å²) in [6.07, 6.45) is 1.16. The Kier molecular flexibility index (Phi) is 7.55. The zero-order chi connectivity index (χ0) is 22.4. The Hall–Kier alpha value is -2.59. The van der Waals surface area contributed by atoms with Gasteiger partial charge in [0.05, 0.1) is 12.4 Å². The van der Waals surface area contributed by atoms with Crippen molar-refractivity contribution in [1.82, 2.24) is 10.3 Å². The van der Waals surface area contributed by atoms with Gasteiger partial charge in [-0.05, 0) is 55.3 Å². The molecule has 0 saturated carbocycles. The van der Waals surface area contributed by atoms with Crippen LogP contribution in [0.4, 0.5) is 5.69 Å². The third kappa shape index (κ3) is 6.44. The van der Waals surface area contributed by atoms with Crippen molar-refractivity contribution in [2.45, 2.75) is 19.4 Å². The summed E-state index contributed by atoms with van der Waals surface area (Å²) in [4.78, 5) is 3.38. The van der Waals surface area contributed by atoms with Gasteiger partial charge in [0.1, 0.15) is 12.4 Å². The van der Waals surface area contributed by atoms with Crippen LogP contribution in [-0.2, 0) is 16.4 Å². The Morgan fingerprint density at radius 2 is 2.03 bits per heavy atom. The van der Waals surface area contributed by atoms with Gasteiger partial charge >= 0.3 is 0 Å². The number of fused-ring (bicyclic) bond motifs is 1. The number of aromatic nitrogens is 1. The fourth-order valence-electron chi connectivity index (χ4n) is 3.55. The first-order valence-corrected chi connectivity index (χ1v) is 12.1. The van der Waals surface area contributed by atoms with Crippen molar-refractivity contribution in [2.75, 3.05) is 37.2 Å². The number of benzene rings is 2. The fraction of sp³-hybridized carbons (Fsp3) is 0.364. The third-order valence-electron chi connectivity index (χ3n) is 4.95. The zero-order valence-corrected chi connectivity index (χ0v) is 18.6. The number of H-pyrrole nitrogens is 1. The van der Waals surface area contributed by atoms with E-state index >= 15 is 0 Å². The number of aliphatic hydroxyl groups is 1. The minimum Gasteiger partial charge on any atom is -0.492 e. The van der Waals surface area contributed by atoms with Crippen LogP contribution < -0.4 is 20.5 Å². The van der Waals surface area contributed by atoms with Gasteiger partial charge in [-0.2, -0.15) is 0 Å². The van der Waals surface area contributed by atoms with Crippen LogP contribution in [0.3, 0.4) is 0 Å². The van der Waals surface area contributed by atoms with E-state index < -0.39 is 16.1 Å². The molecule has 0 spiro atoms. The highest BCUT2D eigenvalue weighted by Crippen LogP contribution is 2.26. The molecule has 2 aromatic carbocycles. The molecule has 1 heterocycles. The number of nitrogens with two attached hydrogens (primary N) is 1. The average Bonchev–Trinajstić information content (AvgIpc) is 3.01. The maximum atomic E-state index is 11.4. The molecule has 0 fully saturated rings. The second kappa shape index (κ2) is 10.1. The first kappa shape index (κ1) is 23.1. The number of rotatable bonds is 11. The normalized spacial score (nSPS) is 12.8. The van der Waals surface area contributed by atoms with Crippen molar-refractivity contribution in [3.63, 3.8) is 0 Å². The van der Waals surface area contributed by atoms with Crippen LogP contribution in [0.1, 0.15) is 22.9 Å². The fourth-order valence-corrected chi connectivity index (χ4v) is 4.10. The lowest BCUT2D eigenvalue weighted by Gasteiger charge is -2.14. The summed E-state index contributed by atoms with van der Waals surface area (Å²) in [5.41, 5.74) is 10.2. The van der Waals surface area contributed by atoms with Gasteiger partial charge in [0.25, 0.3) is 0 Å². The first-order valence-electron chi connectivity index (χ1n) is 10.2. The summed E-state index contributed by atoms with van der Waals surface area (Å²) in [6, 6.07) is 12.7. The highest BCUT2D eigenvalue weighted by molar-refractivity contribution is 7.92. The first-order chi connectivity index (χ1) is 14.8. The van der Waals surface area contributed by atoms with Gasteiger partial charge in [-0.15, -0.1) is 0 Å². The molecule has 8 nitrogen and oxygen atoms in total. The monoisotopic (exact) mass is 446 g/mol. The summed E-state index contributed by atoms with van der Waals surface area (Å²) < 4.78 is 30.9. The number of anilines is 1. The van der Waals surface area contributed by atoms with E-state index in [1.807, 2.05) is 25.1 Å². The average molecular weight is 447 g/mol. The van der Waals surface area contributed by atoms with Crippen molar-refractivity contribution in [3.8, 4) is 5.75 Å². The smallest absolute Gasteiger partial charge is 0.229 e. The maximum Gasteiger partial charge on any atom is 0.229 e. The largest absolute Gasteiger partial charge is 0.492 e. The van der Waals surface area contributed by atoms with E-state index in [4.69, 9.17) is 10.5 Å². The van der Waals surface area contributed by atoms with Crippen LogP contribution in [0.25, 0.3) is 10.9 Å². The molecule has 31 heavy (non-hydrogen) atoms. The standard InChI is InChI=1S/C22H30N4O4S/c1-15-19(8-9-23)20-7-6-18(13-21(20)25-15)30-11-10-24-14-22(27)16-4-3-5-17(12-16)26-31(2,28)29/h3-7,12-13,22,24-27H,8-11,14,23H2,1-2H3/t22-/m0/s1. The number of aliphatic hydroxyl groups excluding tert-OH is 1. The van der Waals surface area contributed by atoms with Crippen LogP contribution in [-0.4, -0.2) is 51.0 Å². The molecule has 1 atom stereocenters. The zero-order valence-electron chi connectivity index (χ0n) is 17.8. The second-order valence-electron chi connectivity index (χ2n) is 7.54. The van der Waals surface area contributed by atoms with E-state index in [9.17, 15) is 13.5 Å². The number of ether oxygens (including phenoxy) is 1. The Morgan fingerprint density at radius 1 is 1.23 bits per heavy atom. The SMILES string of the molecule is Cc1[nH]c2cc(OCCNC[C@H](O)c3cccc(NS(C)(=O)=O)c3)ccc2c1CCN. The number of nitrogens with one attached hydrogen (secondary N) is 3. The van der Waals surface area contributed by atoms with Crippen LogP contribution in [0.2, 0.25) is 0 Å². The Bertz CT molecular complexity index is 1130. The molecule has 0 aliphatic heterocycles. The molecule has 0 unspecified atom stereocenters. The third-order valence-corrected chi connectivity index (χ3v) is 5.55. The molecule has 168 valence electrons. The maximum absolute atomic E-state index is 11.4. The van der Waals surface area contributed by atoms with E-state index in [1.165, 1.54) is 10.9 Å². The van der Waals surface area contributed by atoms with Gasteiger partial charge in [0.2, 0.25) is 10.0 Å². The highest BCUT2D eigenvalue weighted by atomic mass is 32.2. The molecule has 0 bridgehead atoms. The molecule has 6 N–H and O–H groups in total. The molecular formula is C22H30N4O4S. The van der Waals surface area contributed by atoms with E-state index in [0.29, 0.717) is 37.5 Å². The van der Waals surface area contributed by atoms with Crippen LogP contribution in [0.5, 0.6) is 5.75 Å². The topological polar surface area (TPSA) is 129 Å². The molecule has 0 aliphatic rings. The summed E-state index contributed by atoms with van der Waals surface area (Å²) >= 11 is 0. The number of aromatic amines is 1. The number of aryl methyl sites for hydroxylation is 1. The van der Waals surface area contributed by atoms with E-state index in [2.05, 4.69) is 15.0 Å². The van der Waals surface area contributed by atoms with Gasteiger partial charge in [0, 0.05) is 41.4 Å². The molecule has 0 aliphatic carbocycles. The molecular weight excluding hydrogens is 416 g/mol. The van der Waals surface area contributed by atoms with E-state index in [1.54, 1.807) is 24.3 Å². The van der Waals surface area contributed by atoms with Gasteiger partial charge in [-0.25, -0.2) is 8.42 Å². The van der Waals surface area contributed by atoms with Gasteiger partial charge in [-0.3, -0.25) is 4.72 Å². The van der Waals surface area contributed by atoms with Crippen molar-refractivity contribution < 1.29 is 18.3 Å². The molecule has 0 radical (unpaired) electrons. The Morgan fingerprint density at radius 3 is 2.77 bits per heavy atom. The lowest BCUT2D eigenvalue weighted by Crippen LogP contribution is -2.26. The van der Waals surface area contributed by atoms with Gasteiger partial charge < -0.3 is 25.9 Å². The Labute approximate surface area is 182 Å².